The first-order chi connectivity index (χ1) is 15.3. The second kappa shape index (κ2) is 10.5. The van der Waals surface area contributed by atoms with Crippen LogP contribution in [0.2, 0.25) is 5.02 Å². The van der Waals surface area contributed by atoms with Crippen LogP contribution in [0.15, 0.2) is 77.7 Å². The minimum atomic E-state index is -4.11. The van der Waals surface area contributed by atoms with Crippen LogP contribution in [-0.4, -0.2) is 28.0 Å². The normalized spacial score (nSPS) is 11.1. The number of amides is 1. The standard InChI is InChI=1S/C23H23ClN2O5S/c1-17-8-11-20(12-9-17)32(28,29)26(21-14-19(24)10-13-22(21)30-2)15-23(27)25-31-16-18-6-4-3-5-7-18/h3-14H,15-16H2,1-2H3,(H,25,27). The Kier molecular flexibility index (Phi) is 7.74. The maximum absolute atomic E-state index is 13.5. The molecule has 0 saturated carbocycles. The van der Waals surface area contributed by atoms with Crippen LogP contribution < -0.4 is 14.5 Å². The van der Waals surface area contributed by atoms with Gasteiger partial charge in [-0.15, -0.1) is 0 Å². The fourth-order valence-corrected chi connectivity index (χ4v) is 4.52. The Bertz CT molecular complexity index is 1170. The fraction of sp³-hybridized carbons (Fsp3) is 0.174. The average Bonchev–Trinajstić information content (AvgIpc) is 2.78. The van der Waals surface area contributed by atoms with Gasteiger partial charge < -0.3 is 4.74 Å². The first-order valence-corrected chi connectivity index (χ1v) is 11.5. The van der Waals surface area contributed by atoms with E-state index < -0.39 is 22.5 Å². The quantitative estimate of drug-likeness (QED) is 0.472. The number of sulfonamides is 1. The van der Waals surface area contributed by atoms with Crippen molar-refractivity contribution in [3.63, 3.8) is 0 Å². The third kappa shape index (κ3) is 5.79. The first-order valence-electron chi connectivity index (χ1n) is 9.69. The fourth-order valence-electron chi connectivity index (χ4n) is 2.93. The number of methoxy groups -OCH3 is 1. The maximum atomic E-state index is 13.5. The van der Waals surface area contributed by atoms with Gasteiger partial charge >= 0.3 is 0 Å². The van der Waals surface area contributed by atoms with E-state index in [0.717, 1.165) is 15.4 Å². The van der Waals surface area contributed by atoms with E-state index in [0.29, 0.717) is 5.02 Å². The number of halogens is 1. The summed E-state index contributed by atoms with van der Waals surface area (Å²) in [7, 11) is -2.71. The lowest BCUT2D eigenvalue weighted by Crippen LogP contribution is -2.41. The number of benzene rings is 3. The number of ether oxygens (including phenoxy) is 1. The second-order valence-corrected chi connectivity index (χ2v) is 9.24. The number of rotatable bonds is 9. The number of hydrogen-bond donors (Lipinski definition) is 1. The van der Waals surface area contributed by atoms with Crippen molar-refractivity contribution in [1.29, 1.82) is 0 Å². The van der Waals surface area contributed by atoms with E-state index in [1.807, 2.05) is 37.3 Å². The summed E-state index contributed by atoms with van der Waals surface area (Å²) >= 11 is 6.12. The van der Waals surface area contributed by atoms with Crippen molar-refractivity contribution in [3.8, 4) is 5.75 Å². The lowest BCUT2D eigenvalue weighted by molar-refractivity contribution is -0.132. The molecule has 0 fully saturated rings. The molecule has 1 N–H and O–H groups in total. The van der Waals surface area contributed by atoms with Crippen molar-refractivity contribution in [2.24, 2.45) is 0 Å². The van der Waals surface area contributed by atoms with Gasteiger partial charge in [-0.1, -0.05) is 59.6 Å². The van der Waals surface area contributed by atoms with E-state index in [2.05, 4.69) is 5.48 Å². The minimum absolute atomic E-state index is 0.0307. The van der Waals surface area contributed by atoms with Crippen molar-refractivity contribution < 1.29 is 22.8 Å². The molecule has 3 aromatic carbocycles. The largest absolute Gasteiger partial charge is 0.495 e. The van der Waals surface area contributed by atoms with Crippen LogP contribution in [0, 0.1) is 6.92 Å². The molecule has 0 unspecified atom stereocenters. The molecule has 168 valence electrons. The minimum Gasteiger partial charge on any atom is -0.495 e. The second-order valence-electron chi connectivity index (χ2n) is 6.94. The van der Waals surface area contributed by atoms with Gasteiger partial charge in [-0.05, 0) is 42.8 Å². The monoisotopic (exact) mass is 474 g/mol. The smallest absolute Gasteiger partial charge is 0.264 e. The van der Waals surface area contributed by atoms with Crippen molar-refractivity contribution in [2.45, 2.75) is 18.4 Å². The molecule has 0 saturated heterocycles. The highest BCUT2D eigenvalue weighted by molar-refractivity contribution is 7.92. The van der Waals surface area contributed by atoms with E-state index >= 15 is 0 Å². The number of hydrogen-bond acceptors (Lipinski definition) is 5. The van der Waals surface area contributed by atoms with Gasteiger partial charge in [-0.3, -0.25) is 13.9 Å². The lowest BCUT2D eigenvalue weighted by Gasteiger charge is -2.25. The number of hydroxylamine groups is 1. The number of carbonyl (C=O) groups excluding carboxylic acids is 1. The van der Waals surface area contributed by atoms with Crippen LogP contribution in [0.4, 0.5) is 5.69 Å². The van der Waals surface area contributed by atoms with Crippen LogP contribution in [0.1, 0.15) is 11.1 Å². The van der Waals surface area contributed by atoms with Crippen molar-refractivity contribution in [2.75, 3.05) is 18.0 Å². The topological polar surface area (TPSA) is 84.9 Å². The third-order valence-electron chi connectivity index (χ3n) is 4.57. The molecule has 3 rings (SSSR count). The summed E-state index contributed by atoms with van der Waals surface area (Å²) in [6, 6.07) is 20.1. The molecular formula is C23H23ClN2O5S. The molecular weight excluding hydrogens is 452 g/mol. The Morgan fingerprint density at radius 1 is 1.03 bits per heavy atom. The molecule has 32 heavy (non-hydrogen) atoms. The number of nitrogens with zero attached hydrogens (tertiary/aromatic N) is 1. The van der Waals surface area contributed by atoms with Gasteiger partial charge in [0.15, 0.2) is 0 Å². The van der Waals surface area contributed by atoms with Gasteiger partial charge in [0.25, 0.3) is 15.9 Å². The number of carbonyl (C=O) groups is 1. The molecule has 0 spiro atoms. The molecule has 0 aromatic heterocycles. The summed E-state index contributed by atoms with van der Waals surface area (Å²) < 4.78 is 33.2. The molecule has 1 amide bonds. The van der Waals surface area contributed by atoms with Gasteiger partial charge in [-0.2, -0.15) is 0 Å². The predicted octanol–water partition coefficient (Wildman–Crippen LogP) is 4.10. The van der Waals surface area contributed by atoms with Crippen LogP contribution in [0.25, 0.3) is 0 Å². The zero-order chi connectivity index (χ0) is 23.1. The maximum Gasteiger partial charge on any atom is 0.264 e. The van der Waals surface area contributed by atoms with Crippen LogP contribution in [0.3, 0.4) is 0 Å². The molecule has 0 radical (unpaired) electrons. The summed E-state index contributed by atoms with van der Waals surface area (Å²) in [5.41, 5.74) is 4.20. The van der Waals surface area contributed by atoms with Crippen LogP contribution in [0.5, 0.6) is 5.75 Å². The SMILES string of the molecule is COc1ccc(Cl)cc1N(CC(=O)NOCc1ccccc1)S(=O)(=O)c1ccc(C)cc1. The molecule has 0 aliphatic carbocycles. The molecule has 0 aliphatic heterocycles. The summed E-state index contributed by atoms with van der Waals surface area (Å²) in [6.45, 7) is 1.45. The third-order valence-corrected chi connectivity index (χ3v) is 6.58. The zero-order valence-corrected chi connectivity index (χ0v) is 19.2. The van der Waals surface area contributed by atoms with Crippen LogP contribution in [-0.2, 0) is 26.3 Å². The first kappa shape index (κ1) is 23.6. The molecule has 0 aliphatic rings. The highest BCUT2D eigenvalue weighted by Crippen LogP contribution is 2.34. The summed E-state index contributed by atoms with van der Waals surface area (Å²) in [5.74, 6) is -0.401. The molecule has 0 bridgehead atoms. The molecule has 0 heterocycles. The summed E-state index contributed by atoms with van der Waals surface area (Å²) in [5, 5.41) is 0.297. The average molecular weight is 475 g/mol. The van der Waals surface area contributed by atoms with Gasteiger partial charge in [0.05, 0.1) is 24.3 Å². The molecule has 3 aromatic rings. The van der Waals surface area contributed by atoms with Crippen molar-refractivity contribution in [3.05, 3.63) is 88.9 Å². The van der Waals surface area contributed by atoms with Crippen molar-refractivity contribution >= 4 is 33.2 Å². The van der Waals surface area contributed by atoms with E-state index in [4.69, 9.17) is 21.2 Å². The predicted molar refractivity (Wildman–Crippen MR) is 123 cm³/mol. The van der Waals surface area contributed by atoms with E-state index in [1.165, 1.54) is 25.3 Å². The Morgan fingerprint density at radius 2 is 1.72 bits per heavy atom. The number of aryl methyl sites for hydroxylation is 1. The highest BCUT2D eigenvalue weighted by atomic mass is 35.5. The number of anilines is 1. The van der Waals surface area contributed by atoms with Gasteiger partial charge in [0, 0.05) is 5.02 Å². The van der Waals surface area contributed by atoms with E-state index in [-0.39, 0.29) is 22.9 Å². The van der Waals surface area contributed by atoms with Gasteiger partial charge in [-0.25, -0.2) is 13.9 Å². The van der Waals surface area contributed by atoms with E-state index in [1.54, 1.807) is 24.3 Å². The highest BCUT2D eigenvalue weighted by Gasteiger charge is 2.29. The Labute approximate surface area is 192 Å². The zero-order valence-electron chi connectivity index (χ0n) is 17.6. The van der Waals surface area contributed by atoms with Crippen LogP contribution >= 0.6 is 11.6 Å². The van der Waals surface area contributed by atoms with Gasteiger partial charge in [0.1, 0.15) is 12.3 Å². The number of nitrogens with one attached hydrogen (secondary N) is 1. The molecule has 7 nitrogen and oxygen atoms in total. The Morgan fingerprint density at radius 3 is 2.38 bits per heavy atom. The lowest BCUT2D eigenvalue weighted by atomic mass is 10.2. The molecule has 9 heteroatoms. The summed E-state index contributed by atoms with van der Waals surface area (Å²) in [4.78, 5) is 17.9. The van der Waals surface area contributed by atoms with Crippen molar-refractivity contribution in [1.82, 2.24) is 5.48 Å². The Balaban J connectivity index is 1.88. The molecule has 0 atom stereocenters. The van der Waals surface area contributed by atoms with Gasteiger partial charge in [0.2, 0.25) is 0 Å². The summed E-state index contributed by atoms with van der Waals surface area (Å²) in [6.07, 6.45) is 0. The van der Waals surface area contributed by atoms with E-state index in [9.17, 15) is 13.2 Å². The Hall–Kier alpha value is -3.07.